The molecule has 0 bridgehead atoms. The van der Waals surface area contributed by atoms with Crippen molar-refractivity contribution in [2.75, 3.05) is 0 Å². The fourth-order valence-electron chi connectivity index (χ4n) is 2.16. The van der Waals surface area contributed by atoms with Crippen molar-refractivity contribution in [1.29, 1.82) is 0 Å². The molecule has 118 valence electrons. The van der Waals surface area contributed by atoms with Gasteiger partial charge in [-0.15, -0.1) is 0 Å². The van der Waals surface area contributed by atoms with Crippen LogP contribution in [0.2, 0.25) is 4.34 Å². The molecule has 1 unspecified atom stereocenters. The lowest BCUT2D eigenvalue weighted by Crippen LogP contribution is -2.19. The van der Waals surface area contributed by atoms with E-state index in [1.165, 1.54) is 17.6 Å². The van der Waals surface area contributed by atoms with Crippen molar-refractivity contribution in [1.82, 2.24) is 3.96 Å². The van der Waals surface area contributed by atoms with Crippen LogP contribution in [0.3, 0.4) is 0 Å². The van der Waals surface area contributed by atoms with E-state index in [0.717, 1.165) is 12.0 Å². The van der Waals surface area contributed by atoms with Crippen molar-refractivity contribution in [3.8, 4) is 0 Å². The molecule has 0 saturated carbocycles. The Morgan fingerprint density at radius 3 is 2.68 bits per heavy atom. The van der Waals surface area contributed by atoms with E-state index in [1.54, 1.807) is 3.96 Å². The molecule has 0 aliphatic carbocycles. The van der Waals surface area contributed by atoms with Crippen LogP contribution in [0.15, 0.2) is 41.2 Å². The summed E-state index contributed by atoms with van der Waals surface area (Å²) in [6.07, 6.45) is 1.62. The molecule has 22 heavy (non-hydrogen) atoms. The van der Waals surface area contributed by atoms with Crippen LogP contribution in [0.5, 0.6) is 0 Å². The average molecular weight is 340 g/mol. The van der Waals surface area contributed by atoms with Crippen molar-refractivity contribution >= 4 is 29.1 Å². The molecule has 6 heteroatoms. The summed E-state index contributed by atoms with van der Waals surface area (Å²) in [6.45, 7) is 2.27. The molecule has 1 aromatic carbocycles. The van der Waals surface area contributed by atoms with Crippen LogP contribution in [0, 0.1) is 0 Å². The van der Waals surface area contributed by atoms with Crippen molar-refractivity contribution in [2.24, 2.45) is 0 Å². The van der Waals surface area contributed by atoms with Gasteiger partial charge in [-0.05, 0) is 29.9 Å². The first-order valence-electron chi connectivity index (χ1n) is 7.18. The zero-order chi connectivity index (χ0) is 15.9. The third kappa shape index (κ3) is 4.71. The second-order valence-electron chi connectivity index (χ2n) is 4.95. The van der Waals surface area contributed by atoms with Crippen LogP contribution in [0.25, 0.3) is 0 Å². The number of halogens is 1. The Balaban J connectivity index is 1.84. The van der Waals surface area contributed by atoms with Gasteiger partial charge in [0.05, 0.1) is 0 Å². The molecule has 0 radical (unpaired) electrons. The summed E-state index contributed by atoms with van der Waals surface area (Å²) < 4.78 is 7.34. The van der Waals surface area contributed by atoms with Crippen LogP contribution in [-0.4, -0.2) is 9.93 Å². The first kappa shape index (κ1) is 16.8. The minimum atomic E-state index is -0.252. The van der Waals surface area contributed by atoms with Crippen LogP contribution < -0.4 is 5.56 Å². The summed E-state index contributed by atoms with van der Waals surface area (Å²) in [4.78, 5) is 23.6. The summed E-state index contributed by atoms with van der Waals surface area (Å²) in [5, 5.41) is 0. The third-order valence-corrected chi connectivity index (χ3v) is 4.65. The normalized spacial score (nSPS) is 12.1. The van der Waals surface area contributed by atoms with E-state index in [-0.39, 0.29) is 30.6 Å². The van der Waals surface area contributed by atoms with Gasteiger partial charge in [0.25, 0.3) is 5.56 Å². The molecule has 0 spiro atoms. The van der Waals surface area contributed by atoms with E-state index in [1.807, 2.05) is 37.3 Å². The smallest absolute Gasteiger partial charge is 0.306 e. The summed E-state index contributed by atoms with van der Waals surface area (Å²) in [5.74, 6) is -0.252. The largest absolute Gasteiger partial charge is 0.461 e. The Labute approximate surface area is 138 Å². The highest BCUT2D eigenvalue weighted by molar-refractivity contribution is 7.11. The summed E-state index contributed by atoms with van der Waals surface area (Å²) in [7, 11) is 0. The highest BCUT2D eigenvalue weighted by Crippen LogP contribution is 2.23. The molecule has 4 nitrogen and oxygen atoms in total. The molecule has 1 atom stereocenters. The van der Waals surface area contributed by atoms with Crippen molar-refractivity contribution in [3.63, 3.8) is 0 Å². The van der Waals surface area contributed by atoms with Crippen LogP contribution in [-0.2, 0) is 16.1 Å². The van der Waals surface area contributed by atoms with Gasteiger partial charge in [-0.25, -0.2) is 0 Å². The molecule has 1 aromatic heterocycles. The second-order valence-corrected chi connectivity index (χ2v) is 6.60. The van der Waals surface area contributed by atoms with Crippen molar-refractivity contribution < 1.29 is 9.53 Å². The molecule has 0 aliphatic heterocycles. The number of aromatic nitrogens is 1. The van der Waals surface area contributed by atoms with Gasteiger partial charge in [-0.3, -0.25) is 13.5 Å². The van der Waals surface area contributed by atoms with E-state index in [0.29, 0.717) is 10.8 Å². The van der Waals surface area contributed by atoms with Gasteiger partial charge in [0, 0.05) is 18.5 Å². The number of esters is 1. The van der Waals surface area contributed by atoms with Gasteiger partial charge in [0.1, 0.15) is 10.9 Å². The number of nitrogens with zero attached hydrogens (tertiary/aromatic N) is 1. The molecule has 2 rings (SSSR count). The molecule has 1 heterocycles. The van der Waals surface area contributed by atoms with Crippen molar-refractivity contribution in [2.45, 2.75) is 38.8 Å². The number of rotatable bonds is 7. The quantitative estimate of drug-likeness (QED) is 0.715. The number of hydrogen-bond donors (Lipinski definition) is 0. The Bertz CT molecular complexity index is 666. The van der Waals surface area contributed by atoms with E-state index in [9.17, 15) is 9.59 Å². The highest BCUT2D eigenvalue weighted by atomic mass is 35.5. The van der Waals surface area contributed by atoms with Gasteiger partial charge in [-0.1, -0.05) is 48.9 Å². The zero-order valence-electron chi connectivity index (χ0n) is 12.3. The first-order valence-corrected chi connectivity index (χ1v) is 8.33. The van der Waals surface area contributed by atoms with Gasteiger partial charge in [0.15, 0.2) is 0 Å². The summed E-state index contributed by atoms with van der Waals surface area (Å²) in [6, 6.07) is 10.9. The average Bonchev–Trinajstić information content (AvgIpc) is 2.85. The fraction of sp³-hybridized carbons (Fsp3) is 0.375. The topological polar surface area (TPSA) is 48.3 Å². The second kappa shape index (κ2) is 8.15. The Kier molecular flexibility index (Phi) is 6.21. The summed E-state index contributed by atoms with van der Waals surface area (Å²) in [5.41, 5.74) is 0.851. The molecular formula is C16H18ClNO3S. The Morgan fingerprint density at radius 1 is 1.36 bits per heavy atom. The highest BCUT2D eigenvalue weighted by Gasteiger charge is 2.15. The molecule has 0 amide bonds. The molecule has 2 aromatic rings. The first-order chi connectivity index (χ1) is 10.6. The lowest BCUT2D eigenvalue weighted by Gasteiger charge is -2.14. The predicted octanol–water partition coefficient (Wildman–Crippen LogP) is 4.04. The Hall–Kier alpha value is -1.59. The maximum atomic E-state index is 11.8. The van der Waals surface area contributed by atoms with Crippen LogP contribution in [0.4, 0.5) is 0 Å². The number of carbonyl (C=O) groups excluding carboxylic acids is 1. The Morgan fingerprint density at radius 2 is 2.09 bits per heavy atom. The van der Waals surface area contributed by atoms with Gasteiger partial charge in [-0.2, -0.15) is 0 Å². The minimum Gasteiger partial charge on any atom is -0.461 e. The molecule has 0 N–H and O–H groups in total. The van der Waals surface area contributed by atoms with Crippen molar-refractivity contribution in [3.05, 3.63) is 56.7 Å². The summed E-state index contributed by atoms with van der Waals surface area (Å²) >= 11 is 7.08. The number of hydrogen-bond acceptors (Lipinski definition) is 4. The van der Waals surface area contributed by atoms with E-state index in [4.69, 9.17) is 16.3 Å². The third-order valence-electron chi connectivity index (χ3n) is 3.37. The number of benzene rings is 1. The maximum Gasteiger partial charge on any atom is 0.306 e. The lowest BCUT2D eigenvalue weighted by atomic mass is 10.1. The monoisotopic (exact) mass is 339 g/mol. The number of ether oxygens (including phenoxy) is 1. The molecule has 0 aliphatic rings. The SMILES string of the molecule is CCC(CCC(=O)OCc1ccccc1)n1sc(Cl)cc1=O. The van der Waals surface area contributed by atoms with E-state index in [2.05, 4.69) is 0 Å². The molecular weight excluding hydrogens is 322 g/mol. The van der Waals surface area contributed by atoms with E-state index < -0.39 is 0 Å². The fourth-order valence-corrected chi connectivity index (χ4v) is 3.37. The predicted molar refractivity (Wildman–Crippen MR) is 88.4 cm³/mol. The standard InChI is InChI=1S/C16H18ClNO3S/c1-2-13(18-15(19)10-14(17)22-18)8-9-16(20)21-11-12-6-4-3-5-7-12/h3-7,10,13H,2,8-9,11H2,1H3. The van der Waals surface area contributed by atoms with Crippen LogP contribution >= 0.6 is 23.1 Å². The van der Waals surface area contributed by atoms with Crippen LogP contribution in [0.1, 0.15) is 37.8 Å². The van der Waals surface area contributed by atoms with E-state index >= 15 is 0 Å². The van der Waals surface area contributed by atoms with Gasteiger partial charge in [0.2, 0.25) is 0 Å². The van der Waals surface area contributed by atoms with Gasteiger partial charge >= 0.3 is 5.97 Å². The molecule has 0 fully saturated rings. The van der Waals surface area contributed by atoms with Gasteiger partial charge < -0.3 is 4.74 Å². The molecule has 0 saturated heterocycles. The minimum absolute atomic E-state index is 0.0192. The number of carbonyl (C=O) groups is 1. The maximum absolute atomic E-state index is 11.8. The lowest BCUT2D eigenvalue weighted by molar-refractivity contribution is -0.145. The zero-order valence-corrected chi connectivity index (χ0v) is 13.9.